The molecule has 0 aliphatic carbocycles. The van der Waals surface area contributed by atoms with Crippen molar-refractivity contribution < 1.29 is 9.59 Å². The number of carbonyl (C=O) groups is 2. The Hall–Kier alpha value is -3.13. The molecule has 1 aliphatic rings. The number of amides is 2. The van der Waals surface area contributed by atoms with Crippen molar-refractivity contribution in [1.29, 1.82) is 0 Å². The third-order valence-electron chi connectivity index (χ3n) is 5.77. The van der Waals surface area contributed by atoms with Gasteiger partial charge in [-0.1, -0.05) is 23.9 Å². The molecule has 3 aromatic rings. The van der Waals surface area contributed by atoms with Crippen LogP contribution in [0, 0.1) is 6.92 Å². The summed E-state index contributed by atoms with van der Waals surface area (Å²) in [6.45, 7) is 4.83. The standard InChI is InChI=1S/C24H27N5O2S/c1-16-13-20(23(31)29-12-4-3-5-17(29)2)10-11-21(16)27-22(30)19-8-6-18(7-9-19)14-32-24-25-15-26-28-24/h6-11,13,15,17H,3-5,12,14H2,1-2H3,(H,27,30)(H,25,26,28). The number of aromatic nitrogens is 3. The molecule has 2 amide bonds. The van der Waals surface area contributed by atoms with Gasteiger partial charge < -0.3 is 10.2 Å². The van der Waals surface area contributed by atoms with Crippen LogP contribution < -0.4 is 5.32 Å². The highest BCUT2D eigenvalue weighted by atomic mass is 32.2. The third-order valence-corrected chi connectivity index (χ3v) is 6.72. The summed E-state index contributed by atoms with van der Waals surface area (Å²) in [6, 6.07) is 13.3. The molecule has 2 heterocycles. The average molecular weight is 450 g/mol. The molecule has 8 heteroatoms. The van der Waals surface area contributed by atoms with Gasteiger partial charge in [-0.2, -0.15) is 5.10 Å². The molecule has 2 aromatic carbocycles. The Morgan fingerprint density at radius 1 is 1.16 bits per heavy atom. The summed E-state index contributed by atoms with van der Waals surface area (Å²) in [7, 11) is 0. The summed E-state index contributed by atoms with van der Waals surface area (Å²) in [5.74, 6) is 0.629. The van der Waals surface area contributed by atoms with E-state index in [4.69, 9.17) is 0 Å². The van der Waals surface area contributed by atoms with Crippen molar-refractivity contribution in [3.63, 3.8) is 0 Å². The zero-order valence-electron chi connectivity index (χ0n) is 18.3. The maximum Gasteiger partial charge on any atom is 0.255 e. The smallest absolute Gasteiger partial charge is 0.255 e. The van der Waals surface area contributed by atoms with Gasteiger partial charge in [0, 0.05) is 35.2 Å². The topological polar surface area (TPSA) is 91.0 Å². The highest BCUT2D eigenvalue weighted by Gasteiger charge is 2.24. The van der Waals surface area contributed by atoms with Gasteiger partial charge >= 0.3 is 0 Å². The van der Waals surface area contributed by atoms with E-state index in [0.29, 0.717) is 16.8 Å². The molecule has 0 radical (unpaired) electrons. The van der Waals surface area contributed by atoms with Crippen molar-refractivity contribution in [1.82, 2.24) is 20.1 Å². The minimum atomic E-state index is -0.175. The molecule has 1 saturated heterocycles. The van der Waals surface area contributed by atoms with Crippen molar-refractivity contribution in [2.24, 2.45) is 0 Å². The molecule has 1 aliphatic heterocycles. The number of piperidine rings is 1. The first-order valence-electron chi connectivity index (χ1n) is 10.8. The van der Waals surface area contributed by atoms with Gasteiger partial charge in [0.05, 0.1) is 0 Å². The number of hydrogen-bond donors (Lipinski definition) is 2. The van der Waals surface area contributed by atoms with Crippen LogP contribution in [0.3, 0.4) is 0 Å². The molecule has 0 saturated carbocycles. The molecule has 0 bridgehead atoms. The zero-order chi connectivity index (χ0) is 22.5. The van der Waals surface area contributed by atoms with Crippen molar-refractivity contribution in [2.75, 3.05) is 11.9 Å². The molecule has 1 unspecified atom stereocenters. The number of aryl methyl sites for hydroxylation is 1. The van der Waals surface area contributed by atoms with E-state index in [0.717, 1.165) is 41.4 Å². The lowest BCUT2D eigenvalue weighted by atomic mass is 10.0. The summed E-state index contributed by atoms with van der Waals surface area (Å²) in [4.78, 5) is 31.7. The van der Waals surface area contributed by atoms with E-state index in [9.17, 15) is 9.59 Å². The van der Waals surface area contributed by atoms with Crippen LogP contribution in [0.5, 0.6) is 0 Å². The maximum atomic E-state index is 12.9. The fourth-order valence-electron chi connectivity index (χ4n) is 3.86. The van der Waals surface area contributed by atoms with Crippen molar-refractivity contribution >= 4 is 29.3 Å². The van der Waals surface area contributed by atoms with Crippen LogP contribution in [0.4, 0.5) is 5.69 Å². The first-order valence-corrected chi connectivity index (χ1v) is 11.8. The number of H-pyrrole nitrogens is 1. The van der Waals surface area contributed by atoms with Gasteiger partial charge in [-0.25, -0.2) is 4.98 Å². The lowest BCUT2D eigenvalue weighted by Crippen LogP contribution is -2.42. The van der Waals surface area contributed by atoms with E-state index in [1.165, 1.54) is 12.7 Å². The number of anilines is 1. The Bertz CT molecular complexity index is 1080. The van der Waals surface area contributed by atoms with Crippen molar-refractivity contribution in [2.45, 2.75) is 50.1 Å². The average Bonchev–Trinajstić information content (AvgIpc) is 3.33. The van der Waals surface area contributed by atoms with Crippen molar-refractivity contribution in [3.8, 4) is 0 Å². The van der Waals surface area contributed by atoms with Crippen LogP contribution in [0.15, 0.2) is 53.9 Å². The maximum absolute atomic E-state index is 12.9. The van der Waals surface area contributed by atoms with Gasteiger partial charge in [-0.15, -0.1) is 0 Å². The molecular formula is C24H27N5O2S. The summed E-state index contributed by atoms with van der Waals surface area (Å²) in [5.41, 5.74) is 3.93. The minimum Gasteiger partial charge on any atom is -0.336 e. The SMILES string of the molecule is Cc1cc(C(=O)N2CCCCC2C)ccc1NC(=O)c1ccc(CSc2ncn[nH]2)cc1. The Labute approximate surface area is 192 Å². The lowest BCUT2D eigenvalue weighted by molar-refractivity contribution is 0.0635. The van der Waals surface area contributed by atoms with E-state index in [1.807, 2.05) is 48.2 Å². The van der Waals surface area contributed by atoms with Crippen molar-refractivity contribution in [3.05, 3.63) is 71.0 Å². The fourth-order valence-corrected chi connectivity index (χ4v) is 4.60. The second kappa shape index (κ2) is 9.99. The molecule has 32 heavy (non-hydrogen) atoms. The van der Waals surface area contributed by atoms with E-state index >= 15 is 0 Å². The Morgan fingerprint density at radius 2 is 1.94 bits per heavy atom. The van der Waals surface area contributed by atoms with Crippen LogP contribution >= 0.6 is 11.8 Å². The number of nitrogens with one attached hydrogen (secondary N) is 2. The van der Waals surface area contributed by atoms with Crippen LogP contribution in [0.25, 0.3) is 0 Å². The summed E-state index contributed by atoms with van der Waals surface area (Å²) in [6.07, 6.45) is 4.77. The molecular weight excluding hydrogens is 422 g/mol. The highest BCUT2D eigenvalue weighted by Crippen LogP contribution is 2.23. The Balaban J connectivity index is 1.38. The Morgan fingerprint density at radius 3 is 2.62 bits per heavy atom. The zero-order valence-corrected chi connectivity index (χ0v) is 19.1. The molecule has 2 N–H and O–H groups in total. The van der Waals surface area contributed by atoms with Gasteiger partial charge in [-0.05, 0) is 74.6 Å². The monoisotopic (exact) mass is 449 g/mol. The predicted octanol–water partition coefficient (Wildman–Crippen LogP) is 4.67. The number of carbonyl (C=O) groups excluding carboxylic acids is 2. The van der Waals surface area contributed by atoms with Gasteiger partial charge in [0.15, 0.2) is 5.16 Å². The van der Waals surface area contributed by atoms with Gasteiger partial charge in [-0.3, -0.25) is 14.7 Å². The molecule has 0 spiro atoms. The second-order valence-electron chi connectivity index (χ2n) is 8.10. The van der Waals surface area contributed by atoms with Crippen LogP contribution in [-0.2, 0) is 5.75 Å². The van der Waals surface area contributed by atoms with Crippen LogP contribution in [0.1, 0.15) is 58.0 Å². The normalized spacial score (nSPS) is 16.1. The number of likely N-dealkylation sites (tertiary alicyclic amines) is 1. The molecule has 1 fully saturated rings. The molecule has 4 rings (SSSR count). The van der Waals surface area contributed by atoms with E-state index in [2.05, 4.69) is 27.4 Å². The predicted molar refractivity (Wildman–Crippen MR) is 126 cm³/mol. The number of rotatable bonds is 6. The van der Waals surface area contributed by atoms with Gasteiger partial charge in [0.1, 0.15) is 6.33 Å². The third kappa shape index (κ3) is 5.19. The fraction of sp³-hybridized carbons (Fsp3) is 0.333. The second-order valence-corrected chi connectivity index (χ2v) is 9.07. The highest BCUT2D eigenvalue weighted by molar-refractivity contribution is 7.98. The Kier molecular flexibility index (Phi) is 6.90. The van der Waals surface area contributed by atoms with Gasteiger partial charge in [0.2, 0.25) is 0 Å². The number of benzene rings is 2. The lowest BCUT2D eigenvalue weighted by Gasteiger charge is -2.33. The first-order chi connectivity index (χ1) is 15.5. The molecule has 7 nitrogen and oxygen atoms in total. The largest absolute Gasteiger partial charge is 0.336 e. The van der Waals surface area contributed by atoms with Crippen LogP contribution in [-0.4, -0.2) is 44.5 Å². The van der Waals surface area contributed by atoms with Gasteiger partial charge in [0.25, 0.3) is 11.8 Å². The molecule has 1 atom stereocenters. The van der Waals surface area contributed by atoms with E-state index < -0.39 is 0 Å². The molecule has 166 valence electrons. The van der Waals surface area contributed by atoms with E-state index in [-0.39, 0.29) is 17.9 Å². The first kappa shape index (κ1) is 22.1. The minimum absolute atomic E-state index is 0.0666. The summed E-state index contributed by atoms with van der Waals surface area (Å²) < 4.78 is 0. The number of nitrogens with zero attached hydrogens (tertiary/aromatic N) is 3. The van der Waals surface area contributed by atoms with Crippen LogP contribution in [0.2, 0.25) is 0 Å². The quantitative estimate of drug-likeness (QED) is 0.534. The summed E-state index contributed by atoms with van der Waals surface area (Å²) in [5, 5.41) is 10.4. The number of hydrogen-bond acceptors (Lipinski definition) is 5. The molecule has 1 aromatic heterocycles. The summed E-state index contributed by atoms with van der Waals surface area (Å²) >= 11 is 1.55. The van der Waals surface area contributed by atoms with E-state index in [1.54, 1.807) is 17.8 Å². The number of thioether (sulfide) groups is 1. The number of aromatic amines is 1.